The summed E-state index contributed by atoms with van der Waals surface area (Å²) in [4.78, 5) is 32.0. The largest absolute Gasteiger partial charge is 0.495 e. The molecule has 50 heavy (non-hydrogen) atoms. The Balaban J connectivity index is 0.000000234. The van der Waals surface area contributed by atoms with Crippen LogP contribution in [-0.4, -0.2) is 51.4 Å². The van der Waals surface area contributed by atoms with Gasteiger partial charge in [0.1, 0.15) is 15.8 Å². The van der Waals surface area contributed by atoms with Crippen molar-refractivity contribution in [2.45, 2.75) is 117 Å². The van der Waals surface area contributed by atoms with E-state index in [0.29, 0.717) is 25.7 Å². The van der Waals surface area contributed by atoms with E-state index < -0.39 is 18.3 Å². The molecule has 12 heteroatoms. The smallest absolute Gasteiger partial charge is 0.460 e. The van der Waals surface area contributed by atoms with Gasteiger partial charge in [0.15, 0.2) is 0 Å². The maximum absolute atomic E-state index is 12.0. The lowest BCUT2D eigenvalue weighted by molar-refractivity contribution is -0.155. The second kappa shape index (κ2) is 18.0. The van der Waals surface area contributed by atoms with Crippen molar-refractivity contribution in [2.75, 3.05) is 0 Å². The minimum atomic E-state index is -0.456. The first kappa shape index (κ1) is 41.5. The Morgan fingerprint density at radius 3 is 1.68 bits per heavy atom. The summed E-state index contributed by atoms with van der Waals surface area (Å²) >= 11 is 6.33. The highest BCUT2D eigenvalue weighted by atomic mass is 79.9. The van der Waals surface area contributed by atoms with Crippen LogP contribution in [0.25, 0.3) is 11.3 Å². The van der Waals surface area contributed by atoms with Gasteiger partial charge in [-0.25, -0.2) is 9.97 Å². The third-order valence-corrected chi connectivity index (χ3v) is 9.64. The van der Waals surface area contributed by atoms with Gasteiger partial charge in [-0.3, -0.25) is 9.59 Å². The number of hydrogen-bond donors (Lipinski definition) is 0. The zero-order chi connectivity index (χ0) is 37.2. The first-order valence-corrected chi connectivity index (χ1v) is 19.3. The van der Waals surface area contributed by atoms with Crippen LogP contribution < -0.4 is 5.46 Å². The number of carbonyl (C=O) groups is 2. The normalized spacial score (nSPS) is 14.9. The molecule has 2 aromatic heterocycles. The lowest BCUT2D eigenvalue weighted by Gasteiger charge is -2.32. The summed E-state index contributed by atoms with van der Waals surface area (Å²) < 4.78 is 23.9. The average molecular weight is 786 g/mol. The Morgan fingerprint density at radius 1 is 0.740 bits per heavy atom. The summed E-state index contributed by atoms with van der Waals surface area (Å²) in [6.45, 7) is 19.4. The minimum absolute atomic E-state index is 0.161. The average Bonchev–Trinajstić information content (AvgIpc) is 3.76. The van der Waals surface area contributed by atoms with Gasteiger partial charge in [0.2, 0.25) is 0 Å². The standard InChI is InChI=1S/C19H29BO4.C16H19NO2S.C3H2BrNS/c1-17(2,3)22-16(21)13-12-14-10-8-9-11-15(14)20-23-18(4,5)19(6,7)24-20;1-16(2,3)19-15(18)9-8-12-6-4-5-7-13(12)14-10-20-11-17-14;4-3-1-6-2-5-3/h8-11H,12-13H2,1-7H3;4-7,10-11H,8-9H2,1-3H3;1-2H. The number of esters is 2. The minimum Gasteiger partial charge on any atom is -0.460 e. The van der Waals surface area contributed by atoms with Crippen LogP contribution in [-0.2, 0) is 41.2 Å². The van der Waals surface area contributed by atoms with Crippen LogP contribution in [0.3, 0.4) is 0 Å². The number of aryl methyl sites for hydroxylation is 2. The van der Waals surface area contributed by atoms with Gasteiger partial charge in [-0.1, -0.05) is 48.5 Å². The van der Waals surface area contributed by atoms with Crippen LogP contribution in [0.15, 0.2) is 74.9 Å². The van der Waals surface area contributed by atoms with Crippen LogP contribution in [0.5, 0.6) is 0 Å². The van der Waals surface area contributed by atoms with E-state index in [0.717, 1.165) is 32.5 Å². The molecule has 0 N–H and O–H groups in total. The molecular formula is C38H50BBrN2O6S2. The number of thiazole rings is 2. The number of hydrogen-bond acceptors (Lipinski definition) is 10. The predicted molar refractivity (Wildman–Crippen MR) is 208 cm³/mol. The van der Waals surface area contributed by atoms with E-state index in [-0.39, 0.29) is 23.1 Å². The fourth-order valence-electron chi connectivity index (χ4n) is 4.75. The number of nitrogens with zero attached hydrogens (tertiary/aromatic N) is 2. The fourth-order valence-corrected chi connectivity index (χ4v) is 6.27. The van der Waals surface area contributed by atoms with Gasteiger partial charge in [0, 0.05) is 29.2 Å². The molecule has 0 unspecified atom stereocenters. The Hall–Kier alpha value is -2.90. The molecule has 0 atom stereocenters. The molecular weight excluding hydrogens is 735 g/mol. The van der Waals surface area contributed by atoms with E-state index in [1.807, 2.05) is 134 Å². The van der Waals surface area contributed by atoms with Crippen molar-refractivity contribution < 1.29 is 28.4 Å². The highest BCUT2D eigenvalue weighted by Crippen LogP contribution is 2.36. The molecule has 270 valence electrons. The molecule has 8 nitrogen and oxygen atoms in total. The van der Waals surface area contributed by atoms with Gasteiger partial charge in [-0.05, 0) is 115 Å². The Labute approximate surface area is 314 Å². The maximum Gasteiger partial charge on any atom is 0.495 e. The zero-order valence-electron chi connectivity index (χ0n) is 30.9. The van der Waals surface area contributed by atoms with Crippen molar-refractivity contribution in [3.63, 3.8) is 0 Å². The number of aromatic nitrogens is 2. The summed E-state index contributed by atoms with van der Waals surface area (Å²) in [5.74, 6) is -0.350. The molecule has 3 heterocycles. The Morgan fingerprint density at radius 2 is 1.22 bits per heavy atom. The van der Waals surface area contributed by atoms with Crippen molar-refractivity contribution in [1.82, 2.24) is 9.97 Å². The first-order chi connectivity index (χ1) is 23.3. The summed E-state index contributed by atoms with van der Waals surface area (Å²) in [5, 5.41) is 3.95. The van der Waals surface area contributed by atoms with Gasteiger partial charge < -0.3 is 18.8 Å². The van der Waals surface area contributed by atoms with Crippen LogP contribution >= 0.6 is 38.6 Å². The number of carbonyl (C=O) groups excluding carboxylic acids is 2. The third-order valence-electron chi connectivity index (χ3n) is 7.73. The number of benzene rings is 2. The topological polar surface area (TPSA) is 96.8 Å². The van der Waals surface area contributed by atoms with Crippen LogP contribution in [0, 0.1) is 0 Å². The highest BCUT2D eigenvalue weighted by Gasteiger charge is 2.52. The molecule has 4 aromatic rings. The number of halogens is 1. The van der Waals surface area contributed by atoms with E-state index in [9.17, 15) is 9.59 Å². The number of rotatable bonds is 8. The third kappa shape index (κ3) is 13.7. The highest BCUT2D eigenvalue weighted by molar-refractivity contribution is 9.10. The lowest BCUT2D eigenvalue weighted by Crippen LogP contribution is -2.41. The van der Waals surface area contributed by atoms with Crippen molar-refractivity contribution in [1.29, 1.82) is 0 Å². The molecule has 0 radical (unpaired) electrons. The van der Waals surface area contributed by atoms with Crippen LogP contribution in [0.1, 0.15) is 93.2 Å². The molecule has 2 aromatic carbocycles. The molecule has 1 fully saturated rings. The summed E-state index contributed by atoms with van der Waals surface area (Å²) in [6, 6.07) is 16.0. The molecule has 0 bridgehead atoms. The van der Waals surface area contributed by atoms with E-state index in [2.05, 4.69) is 25.9 Å². The quantitative estimate of drug-likeness (QED) is 0.129. The van der Waals surface area contributed by atoms with E-state index in [1.54, 1.807) is 28.2 Å². The predicted octanol–water partition coefficient (Wildman–Crippen LogP) is 9.25. The van der Waals surface area contributed by atoms with Crippen molar-refractivity contribution >= 4 is 63.1 Å². The van der Waals surface area contributed by atoms with E-state index >= 15 is 0 Å². The van der Waals surface area contributed by atoms with Crippen molar-refractivity contribution in [2.24, 2.45) is 0 Å². The SMILES string of the molecule is Brc1cscn1.CC(C)(C)OC(=O)CCc1ccccc1-c1cscn1.CC(C)(C)OC(=O)CCc1ccccc1B1OC(C)(C)C(C)(C)O1. The first-order valence-electron chi connectivity index (χ1n) is 16.6. The molecule has 1 aliphatic heterocycles. The molecule has 0 spiro atoms. The summed E-state index contributed by atoms with van der Waals surface area (Å²) in [6.07, 6.45) is 2.00. The van der Waals surface area contributed by atoms with Gasteiger partial charge in [-0.15, -0.1) is 22.7 Å². The molecule has 0 saturated carbocycles. The Kier molecular flexibility index (Phi) is 15.0. The monoisotopic (exact) mass is 784 g/mol. The second-order valence-electron chi connectivity index (χ2n) is 14.8. The van der Waals surface area contributed by atoms with Gasteiger partial charge in [-0.2, -0.15) is 0 Å². The molecule has 0 amide bonds. The fraction of sp³-hybridized carbons (Fsp3) is 0.474. The zero-order valence-corrected chi connectivity index (χ0v) is 34.1. The van der Waals surface area contributed by atoms with Gasteiger partial charge in [0.25, 0.3) is 0 Å². The van der Waals surface area contributed by atoms with Crippen LogP contribution in [0.2, 0.25) is 0 Å². The molecule has 1 saturated heterocycles. The van der Waals surface area contributed by atoms with Crippen LogP contribution in [0.4, 0.5) is 0 Å². The van der Waals surface area contributed by atoms with Gasteiger partial charge in [0.05, 0.1) is 27.9 Å². The van der Waals surface area contributed by atoms with E-state index in [1.165, 1.54) is 0 Å². The molecule has 1 aliphatic rings. The summed E-state index contributed by atoms with van der Waals surface area (Å²) in [5.41, 5.74) is 7.20. The lowest BCUT2D eigenvalue weighted by atomic mass is 9.75. The van der Waals surface area contributed by atoms with Gasteiger partial charge >= 0.3 is 19.1 Å². The molecule has 0 aliphatic carbocycles. The summed E-state index contributed by atoms with van der Waals surface area (Å²) in [7, 11) is -0.412. The molecule has 5 rings (SSSR count). The van der Waals surface area contributed by atoms with E-state index in [4.69, 9.17) is 18.8 Å². The Bertz CT molecular complexity index is 1630. The van der Waals surface area contributed by atoms with Crippen molar-refractivity contribution in [3.8, 4) is 11.3 Å². The second-order valence-corrected chi connectivity index (χ2v) is 17.1. The number of ether oxygens (including phenoxy) is 2. The van der Waals surface area contributed by atoms with Crippen molar-refractivity contribution in [3.05, 3.63) is 86.0 Å². The maximum atomic E-state index is 12.0.